The van der Waals surface area contributed by atoms with Crippen molar-refractivity contribution in [3.05, 3.63) is 40.7 Å². The molecule has 0 radical (unpaired) electrons. The summed E-state index contributed by atoms with van der Waals surface area (Å²) in [5, 5.41) is 14.5. The molecule has 1 aromatic heterocycles. The molecule has 144 valence electrons. The summed E-state index contributed by atoms with van der Waals surface area (Å²) in [6.07, 6.45) is 4.36. The summed E-state index contributed by atoms with van der Waals surface area (Å²) in [7, 11) is 0. The maximum Gasteiger partial charge on any atom is 0.278 e. The van der Waals surface area contributed by atoms with Crippen LogP contribution in [-0.4, -0.2) is 39.8 Å². The molecule has 4 rings (SSSR count). The first-order valence-corrected chi connectivity index (χ1v) is 9.23. The van der Waals surface area contributed by atoms with E-state index in [0.29, 0.717) is 17.8 Å². The van der Waals surface area contributed by atoms with E-state index in [2.05, 4.69) is 20.9 Å². The summed E-state index contributed by atoms with van der Waals surface area (Å²) in [5.41, 5.74) is 3.53. The number of carbonyl (C=O) groups excluding carboxylic acids is 2. The minimum Gasteiger partial charge on any atom is -0.321 e. The van der Waals surface area contributed by atoms with Crippen LogP contribution in [0.2, 0.25) is 0 Å². The third kappa shape index (κ3) is 3.89. The molecule has 0 spiro atoms. The lowest BCUT2D eigenvalue weighted by Gasteiger charge is -2.23. The fourth-order valence-corrected chi connectivity index (χ4v) is 3.84. The zero-order valence-corrected chi connectivity index (χ0v) is 16.1. The van der Waals surface area contributed by atoms with Crippen molar-refractivity contribution in [2.45, 2.75) is 45.1 Å². The molecule has 7 nitrogen and oxygen atoms in total. The number of aryl methyl sites for hydroxylation is 1. The first kappa shape index (κ1) is 19.5. The Morgan fingerprint density at radius 1 is 1.26 bits per heavy atom. The molecular weight excluding hydrogens is 366 g/mol. The number of aromatic nitrogens is 3. The van der Waals surface area contributed by atoms with Crippen molar-refractivity contribution < 1.29 is 9.59 Å². The maximum atomic E-state index is 12.7. The molecule has 0 saturated carbocycles. The predicted octanol–water partition coefficient (Wildman–Crippen LogP) is 2.70. The van der Waals surface area contributed by atoms with Crippen LogP contribution in [0.15, 0.2) is 18.2 Å². The first-order valence-electron chi connectivity index (χ1n) is 9.23. The number of halogens is 1. The van der Waals surface area contributed by atoms with Crippen LogP contribution in [-0.2, 0) is 6.42 Å². The molecule has 1 aliphatic heterocycles. The number of piperidine rings is 1. The standard InChI is InChI=1S/C19H23N5O2.ClH/c1-12-18(22-23-24(12)15-7-9-20-10-8-15)19(26)21-14-6-5-13-3-2-4-17(25)16(13)11-14;/h5-6,11,15,20H,2-4,7-10H2,1H3,(H,21,26);1H. The van der Waals surface area contributed by atoms with Gasteiger partial charge in [0.2, 0.25) is 0 Å². The van der Waals surface area contributed by atoms with Gasteiger partial charge in [-0.3, -0.25) is 9.59 Å². The SMILES string of the molecule is Cc1c(C(=O)Nc2ccc3c(c2)C(=O)CCC3)nnn1C1CCNCC1.Cl. The molecule has 2 heterocycles. The van der Waals surface area contributed by atoms with Crippen LogP contribution < -0.4 is 10.6 Å². The number of hydrogen-bond acceptors (Lipinski definition) is 5. The lowest BCUT2D eigenvalue weighted by atomic mass is 9.90. The summed E-state index contributed by atoms with van der Waals surface area (Å²) in [5.74, 6) is -0.138. The fourth-order valence-electron chi connectivity index (χ4n) is 3.84. The van der Waals surface area contributed by atoms with E-state index >= 15 is 0 Å². The highest BCUT2D eigenvalue weighted by molar-refractivity contribution is 6.05. The molecule has 8 heteroatoms. The number of nitrogens with zero attached hydrogens (tertiary/aromatic N) is 3. The van der Waals surface area contributed by atoms with Crippen LogP contribution in [0, 0.1) is 6.92 Å². The number of anilines is 1. The van der Waals surface area contributed by atoms with Crippen LogP contribution in [0.4, 0.5) is 5.69 Å². The van der Waals surface area contributed by atoms with E-state index in [9.17, 15) is 9.59 Å². The minimum atomic E-state index is -0.286. The van der Waals surface area contributed by atoms with Crippen LogP contribution in [0.1, 0.15) is 63.8 Å². The number of nitrogens with one attached hydrogen (secondary N) is 2. The highest BCUT2D eigenvalue weighted by atomic mass is 35.5. The van der Waals surface area contributed by atoms with Crippen molar-refractivity contribution in [3.63, 3.8) is 0 Å². The predicted molar refractivity (Wildman–Crippen MR) is 105 cm³/mol. The van der Waals surface area contributed by atoms with E-state index in [-0.39, 0.29) is 30.1 Å². The van der Waals surface area contributed by atoms with Gasteiger partial charge in [-0.1, -0.05) is 11.3 Å². The van der Waals surface area contributed by atoms with Crippen molar-refractivity contribution in [3.8, 4) is 0 Å². The Labute approximate surface area is 164 Å². The van der Waals surface area contributed by atoms with Gasteiger partial charge >= 0.3 is 0 Å². The zero-order chi connectivity index (χ0) is 18.1. The molecule has 1 fully saturated rings. The monoisotopic (exact) mass is 389 g/mol. The van der Waals surface area contributed by atoms with Gasteiger partial charge in [0, 0.05) is 17.7 Å². The van der Waals surface area contributed by atoms with Crippen molar-refractivity contribution >= 4 is 29.8 Å². The second kappa shape index (κ2) is 8.19. The smallest absolute Gasteiger partial charge is 0.278 e. The molecule has 2 aliphatic rings. The number of fused-ring (bicyclic) bond motifs is 1. The second-order valence-corrected chi connectivity index (χ2v) is 7.05. The molecule has 0 bridgehead atoms. The Balaban J connectivity index is 0.00000210. The highest BCUT2D eigenvalue weighted by Gasteiger charge is 2.23. The number of rotatable bonds is 3. The van der Waals surface area contributed by atoms with Gasteiger partial charge in [0.1, 0.15) is 0 Å². The highest BCUT2D eigenvalue weighted by Crippen LogP contribution is 2.25. The van der Waals surface area contributed by atoms with E-state index in [1.54, 1.807) is 6.07 Å². The average Bonchev–Trinajstić information content (AvgIpc) is 3.05. The molecule has 1 amide bonds. The van der Waals surface area contributed by atoms with Gasteiger partial charge < -0.3 is 10.6 Å². The molecule has 1 aliphatic carbocycles. The molecule has 0 atom stereocenters. The number of benzene rings is 1. The van der Waals surface area contributed by atoms with E-state index in [1.807, 2.05) is 23.7 Å². The Hall–Kier alpha value is -2.25. The number of amides is 1. The van der Waals surface area contributed by atoms with Gasteiger partial charge in [-0.2, -0.15) is 0 Å². The quantitative estimate of drug-likeness (QED) is 0.842. The number of carbonyl (C=O) groups is 2. The normalized spacial score (nSPS) is 17.1. The largest absolute Gasteiger partial charge is 0.321 e. The molecule has 27 heavy (non-hydrogen) atoms. The number of Topliss-reactive ketones (excluding diaryl/α,β-unsaturated/α-hetero) is 1. The second-order valence-electron chi connectivity index (χ2n) is 7.05. The first-order chi connectivity index (χ1) is 12.6. The fraction of sp³-hybridized carbons (Fsp3) is 0.474. The van der Waals surface area contributed by atoms with E-state index < -0.39 is 0 Å². The molecule has 2 aromatic rings. The van der Waals surface area contributed by atoms with Crippen molar-refractivity contribution in [2.24, 2.45) is 0 Å². The van der Waals surface area contributed by atoms with Crippen LogP contribution in [0.5, 0.6) is 0 Å². The summed E-state index contributed by atoms with van der Waals surface area (Å²) in [6, 6.07) is 5.84. The Morgan fingerprint density at radius 3 is 2.81 bits per heavy atom. The van der Waals surface area contributed by atoms with Gasteiger partial charge in [-0.15, -0.1) is 17.5 Å². The van der Waals surface area contributed by atoms with E-state index in [0.717, 1.165) is 55.6 Å². The molecule has 1 saturated heterocycles. The third-order valence-corrected chi connectivity index (χ3v) is 5.32. The summed E-state index contributed by atoms with van der Waals surface area (Å²) in [6.45, 7) is 3.79. The average molecular weight is 390 g/mol. The Morgan fingerprint density at radius 2 is 2.04 bits per heavy atom. The molecule has 0 unspecified atom stereocenters. The van der Waals surface area contributed by atoms with E-state index in [4.69, 9.17) is 0 Å². The lowest BCUT2D eigenvalue weighted by molar-refractivity contribution is 0.0970. The van der Waals surface area contributed by atoms with Crippen LogP contribution >= 0.6 is 12.4 Å². The van der Waals surface area contributed by atoms with Crippen LogP contribution in [0.25, 0.3) is 0 Å². The number of ketones is 1. The van der Waals surface area contributed by atoms with Gasteiger partial charge in [0.05, 0.1) is 11.7 Å². The third-order valence-electron chi connectivity index (χ3n) is 5.32. The summed E-state index contributed by atoms with van der Waals surface area (Å²) < 4.78 is 1.87. The van der Waals surface area contributed by atoms with Crippen molar-refractivity contribution in [1.29, 1.82) is 0 Å². The molecule has 1 aromatic carbocycles. The van der Waals surface area contributed by atoms with Gasteiger partial charge in [-0.05, 0) is 63.4 Å². The number of hydrogen-bond donors (Lipinski definition) is 2. The summed E-state index contributed by atoms with van der Waals surface area (Å²) >= 11 is 0. The molecular formula is C19H24ClN5O2. The van der Waals surface area contributed by atoms with Gasteiger partial charge in [0.25, 0.3) is 5.91 Å². The van der Waals surface area contributed by atoms with Crippen molar-refractivity contribution in [2.75, 3.05) is 18.4 Å². The minimum absolute atomic E-state index is 0. The Bertz CT molecular complexity index is 858. The maximum absolute atomic E-state index is 12.7. The van der Waals surface area contributed by atoms with Gasteiger partial charge in [-0.25, -0.2) is 4.68 Å². The lowest BCUT2D eigenvalue weighted by Crippen LogP contribution is -2.30. The topological polar surface area (TPSA) is 88.9 Å². The van der Waals surface area contributed by atoms with Crippen molar-refractivity contribution in [1.82, 2.24) is 20.3 Å². The summed E-state index contributed by atoms with van der Waals surface area (Å²) in [4.78, 5) is 24.7. The zero-order valence-electron chi connectivity index (χ0n) is 15.3. The Kier molecular flexibility index (Phi) is 5.92. The van der Waals surface area contributed by atoms with Gasteiger partial charge in [0.15, 0.2) is 11.5 Å². The van der Waals surface area contributed by atoms with Crippen LogP contribution in [0.3, 0.4) is 0 Å². The van der Waals surface area contributed by atoms with E-state index in [1.165, 1.54) is 0 Å². The molecule has 2 N–H and O–H groups in total.